The van der Waals surface area contributed by atoms with E-state index >= 15 is 0 Å². The van der Waals surface area contributed by atoms with Crippen LogP contribution in [0.25, 0.3) is 0 Å². The number of hydrogen-bond donors (Lipinski definition) is 2. The van der Waals surface area contributed by atoms with Crippen LogP contribution in [0.15, 0.2) is 53.0 Å². The Balaban J connectivity index is 1.60. The molecule has 1 aliphatic heterocycles. The Bertz CT molecular complexity index is 744. The van der Waals surface area contributed by atoms with Crippen LogP contribution in [0.5, 0.6) is 0 Å². The highest BCUT2D eigenvalue weighted by atomic mass is 79.9. The average Bonchev–Trinajstić information content (AvgIpc) is 2.91. The molecule has 0 radical (unpaired) electrons. The number of anilines is 2. The van der Waals surface area contributed by atoms with Gasteiger partial charge >= 0.3 is 6.03 Å². The number of urea groups is 1. The standard InChI is InChI=1S/C18H18BrN3O2/c1-12-2-8-15(9-3-12)22-11-10-16(17(22)23)21-18(24)20-14-6-4-13(19)5-7-14/h2-9,16H,10-11H2,1H3,(H2,20,21,24)/t16-/m0/s1. The van der Waals surface area contributed by atoms with Crippen molar-refractivity contribution in [2.45, 2.75) is 19.4 Å². The van der Waals surface area contributed by atoms with E-state index in [0.717, 1.165) is 15.7 Å². The lowest BCUT2D eigenvalue weighted by Gasteiger charge is -2.17. The molecule has 0 aromatic heterocycles. The van der Waals surface area contributed by atoms with Crippen LogP contribution in [-0.4, -0.2) is 24.5 Å². The molecule has 0 bridgehead atoms. The highest BCUT2D eigenvalue weighted by molar-refractivity contribution is 9.10. The number of halogens is 1. The number of rotatable bonds is 3. The third-order valence-corrected chi connectivity index (χ3v) is 4.49. The van der Waals surface area contributed by atoms with E-state index in [-0.39, 0.29) is 11.9 Å². The van der Waals surface area contributed by atoms with Crippen LogP contribution in [0.4, 0.5) is 16.2 Å². The van der Waals surface area contributed by atoms with Crippen molar-refractivity contribution in [1.82, 2.24) is 5.32 Å². The van der Waals surface area contributed by atoms with Gasteiger partial charge in [-0.25, -0.2) is 4.79 Å². The Kier molecular flexibility index (Phi) is 4.85. The van der Waals surface area contributed by atoms with Gasteiger partial charge in [-0.1, -0.05) is 33.6 Å². The predicted octanol–water partition coefficient (Wildman–Crippen LogP) is 3.68. The number of aryl methyl sites for hydroxylation is 1. The molecule has 1 aliphatic rings. The number of benzene rings is 2. The summed E-state index contributed by atoms with van der Waals surface area (Å²) in [5.41, 5.74) is 2.69. The zero-order valence-electron chi connectivity index (χ0n) is 13.3. The smallest absolute Gasteiger partial charge is 0.319 e. The predicted molar refractivity (Wildman–Crippen MR) is 98.2 cm³/mol. The summed E-state index contributed by atoms with van der Waals surface area (Å²) in [5.74, 6) is -0.0789. The van der Waals surface area contributed by atoms with E-state index < -0.39 is 6.04 Å². The van der Waals surface area contributed by atoms with Gasteiger partial charge in [-0.05, 0) is 49.7 Å². The lowest BCUT2D eigenvalue weighted by atomic mass is 10.2. The SMILES string of the molecule is Cc1ccc(N2CC[C@H](NC(=O)Nc3ccc(Br)cc3)C2=O)cc1. The molecule has 2 aromatic rings. The Labute approximate surface area is 149 Å². The maximum atomic E-state index is 12.5. The van der Waals surface area contributed by atoms with E-state index in [4.69, 9.17) is 0 Å². The minimum absolute atomic E-state index is 0.0789. The van der Waals surface area contributed by atoms with Crippen molar-refractivity contribution in [2.24, 2.45) is 0 Å². The molecule has 1 atom stereocenters. The first-order chi connectivity index (χ1) is 11.5. The van der Waals surface area contributed by atoms with E-state index in [2.05, 4.69) is 26.6 Å². The Hall–Kier alpha value is -2.34. The van der Waals surface area contributed by atoms with Gasteiger partial charge in [-0.15, -0.1) is 0 Å². The van der Waals surface area contributed by atoms with Crippen LogP contribution < -0.4 is 15.5 Å². The topological polar surface area (TPSA) is 61.4 Å². The third-order valence-electron chi connectivity index (χ3n) is 3.96. The number of nitrogens with zero attached hydrogens (tertiary/aromatic N) is 1. The maximum Gasteiger partial charge on any atom is 0.319 e. The van der Waals surface area contributed by atoms with Crippen molar-refractivity contribution in [3.63, 3.8) is 0 Å². The lowest BCUT2D eigenvalue weighted by Crippen LogP contribution is -2.43. The second-order valence-electron chi connectivity index (χ2n) is 5.77. The molecule has 6 heteroatoms. The largest absolute Gasteiger partial charge is 0.326 e. The second kappa shape index (κ2) is 7.05. The summed E-state index contributed by atoms with van der Waals surface area (Å²) in [6.45, 7) is 2.61. The molecule has 24 heavy (non-hydrogen) atoms. The van der Waals surface area contributed by atoms with Crippen molar-refractivity contribution in [3.8, 4) is 0 Å². The molecular formula is C18H18BrN3O2. The van der Waals surface area contributed by atoms with E-state index in [1.54, 1.807) is 17.0 Å². The first kappa shape index (κ1) is 16.5. The zero-order valence-corrected chi connectivity index (χ0v) is 14.8. The van der Waals surface area contributed by atoms with Crippen molar-refractivity contribution in [1.29, 1.82) is 0 Å². The van der Waals surface area contributed by atoms with Crippen LogP contribution in [0.1, 0.15) is 12.0 Å². The summed E-state index contributed by atoms with van der Waals surface area (Å²) >= 11 is 3.35. The minimum atomic E-state index is -0.498. The quantitative estimate of drug-likeness (QED) is 0.843. The fourth-order valence-corrected chi connectivity index (χ4v) is 2.92. The highest BCUT2D eigenvalue weighted by Gasteiger charge is 2.33. The van der Waals surface area contributed by atoms with Crippen LogP contribution in [0.3, 0.4) is 0 Å². The third kappa shape index (κ3) is 3.76. The van der Waals surface area contributed by atoms with Gasteiger partial charge < -0.3 is 15.5 Å². The van der Waals surface area contributed by atoms with E-state index in [1.807, 2.05) is 43.3 Å². The Morgan fingerprint density at radius 2 is 1.79 bits per heavy atom. The number of carbonyl (C=O) groups excluding carboxylic acids is 2. The van der Waals surface area contributed by atoms with E-state index in [0.29, 0.717) is 18.7 Å². The van der Waals surface area contributed by atoms with Crippen molar-refractivity contribution in [3.05, 3.63) is 58.6 Å². The van der Waals surface area contributed by atoms with Crippen LogP contribution in [-0.2, 0) is 4.79 Å². The van der Waals surface area contributed by atoms with Gasteiger partial charge in [0.25, 0.3) is 0 Å². The molecule has 3 amide bonds. The van der Waals surface area contributed by atoms with Crippen LogP contribution >= 0.6 is 15.9 Å². The molecule has 0 unspecified atom stereocenters. The summed E-state index contributed by atoms with van der Waals surface area (Å²) in [7, 11) is 0. The van der Waals surface area contributed by atoms with Crippen molar-refractivity contribution < 1.29 is 9.59 Å². The maximum absolute atomic E-state index is 12.5. The monoisotopic (exact) mass is 387 g/mol. The fourth-order valence-electron chi connectivity index (χ4n) is 2.65. The van der Waals surface area contributed by atoms with Gasteiger partial charge in [-0.3, -0.25) is 4.79 Å². The van der Waals surface area contributed by atoms with Crippen LogP contribution in [0.2, 0.25) is 0 Å². The molecule has 0 aliphatic carbocycles. The molecule has 124 valence electrons. The van der Waals surface area contributed by atoms with Crippen molar-refractivity contribution in [2.75, 3.05) is 16.8 Å². The second-order valence-corrected chi connectivity index (χ2v) is 6.69. The molecule has 1 heterocycles. The molecule has 2 aromatic carbocycles. The van der Waals surface area contributed by atoms with Gasteiger partial charge in [0.05, 0.1) is 0 Å². The molecular weight excluding hydrogens is 370 g/mol. The summed E-state index contributed by atoms with van der Waals surface area (Å²) in [6, 6.07) is 14.2. The summed E-state index contributed by atoms with van der Waals surface area (Å²) in [6.07, 6.45) is 0.598. The summed E-state index contributed by atoms with van der Waals surface area (Å²) < 4.78 is 0.938. The molecule has 2 N–H and O–H groups in total. The van der Waals surface area contributed by atoms with Gasteiger partial charge in [0.2, 0.25) is 5.91 Å². The first-order valence-electron chi connectivity index (χ1n) is 7.74. The number of amides is 3. The normalized spacial score (nSPS) is 17.0. The lowest BCUT2D eigenvalue weighted by molar-refractivity contribution is -0.118. The first-order valence-corrected chi connectivity index (χ1v) is 8.53. The van der Waals surface area contributed by atoms with Gasteiger partial charge in [0.1, 0.15) is 6.04 Å². The molecule has 3 rings (SSSR count). The molecule has 1 saturated heterocycles. The highest BCUT2D eigenvalue weighted by Crippen LogP contribution is 2.22. The zero-order chi connectivity index (χ0) is 17.1. The van der Waals surface area contributed by atoms with Gasteiger partial charge in [0, 0.05) is 22.4 Å². The summed E-state index contributed by atoms with van der Waals surface area (Å²) in [5, 5.41) is 5.49. The van der Waals surface area contributed by atoms with Crippen LogP contribution in [0, 0.1) is 6.92 Å². The Morgan fingerprint density at radius 3 is 2.46 bits per heavy atom. The van der Waals surface area contributed by atoms with Crippen molar-refractivity contribution >= 4 is 39.2 Å². The summed E-state index contributed by atoms with van der Waals surface area (Å²) in [4.78, 5) is 26.3. The number of hydrogen-bond acceptors (Lipinski definition) is 2. The molecule has 0 saturated carbocycles. The van der Waals surface area contributed by atoms with Gasteiger partial charge in [-0.2, -0.15) is 0 Å². The minimum Gasteiger partial charge on any atom is -0.326 e. The Morgan fingerprint density at radius 1 is 1.12 bits per heavy atom. The average molecular weight is 388 g/mol. The van der Waals surface area contributed by atoms with E-state index in [1.165, 1.54) is 0 Å². The molecule has 5 nitrogen and oxygen atoms in total. The van der Waals surface area contributed by atoms with Gasteiger partial charge in [0.15, 0.2) is 0 Å². The fraction of sp³-hybridized carbons (Fsp3) is 0.222. The number of nitrogens with one attached hydrogen (secondary N) is 2. The number of carbonyl (C=O) groups is 2. The molecule has 0 spiro atoms. The van der Waals surface area contributed by atoms with E-state index in [9.17, 15) is 9.59 Å². The molecule has 1 fully saturated rings.